The fraction of sp³-hybridized carbons (Fsp3) is 0.636. The van der Waals surface area contributed by atoms with Gasteiger partial charge in [0.05, 0.1) is 11.5 Å². The minimum Gasteiger partial charge on any atom is -0.395 e. The number of aliphatic hydroxyl groups is 1. The Bertz CT molecular complexity index is 624. The van der Waals surface area contributed by atoms with E-state index in [0.717, 1.165) is 36.7 Å². The van der Waals surface area contributed by atoms with Gasteiger partial charge in [-0.15, -0.1) is 0 Å². The van der Waals surface area contributed by atoms with Crippen LogP contribution in [0.15, 0.2) is 10.3 Å². The van der Waals surface area contributed by atoms with Gasteiger partial charge in [-0.3, -0.25) is 10.1 Å². The first-order valence-corrected chi connectivity index (χ1v) is 8.76. The van der Waals surface area contributed by atoms with E-state index in [4.69, 9.17) is 5.11 Å². The highest BCUT2D eigenvalue weighted by atomic mass is 32.2. The van der Waals surface area contributed by atoms with Gasteiger partial charge in [0.15, 0.2) is 5.00 Å². The maximum atomic E-state index is 12.6. The highest BCUT2D eigenvalue weighted by Gasteiger charge is 2.37. The van der Waals surface area contributed by atoms with Crippen molar-refractivity contribution < 1.29 is 18.4 Å². The van der Waals surface area contributed by atoms with Crippen LogP contribution in [0.1, 0.15) is 19.3 Å². The van der Waals surface area contributed by atoms with Crippen LogP contribution in [-0.2, 0) is 10.0 Å². The van der Waals surface area contributed by atoms with Gasteiger partial charge in [-0.1, -0.05) is 17.8 Å². The van der Waals surface area contributed by atoms with Gasteiger partial charge in [-0.25, -0.2) is 8.42 Å². The lowest BCUT2D eigenvalue weighted by molar-refractivity contribution is -0.383. The molecule has 0 saturated heterocycles. The van der Waals surface area contributed by atoms with Crippen molar-refractivity contribution in [2.24, 2.45) is 0 Å². The SMILES string of the molecule is CNc1sc(S(=O)(=O)N(CCO)C2CCC2)cc1[N+](=O)[O-]. The van der Waals surface area contributed by atoms with Crippen LogP contribution in [0.25, 0.3) is 0 Å². The number of nitrogens with one attached hydrogen (secondary N) is 1. The maximum absolute atomic E-state index is 12.6. The summed E-state index contributed by atoms with van der Waals surface area (Å²) in [7, 11) is -2.31. The number of nitro groups is 1. The number of rotatable bonds is 7. The predicted octanol–water partition coefficient (Wildman–Crippen LogP) is 1.23. The van der Waals surface area contributed by atoms with Crippen LogP contribution < -0.4 is 5.32 Å². The molecule has 21 heavy (non-hydrogen) atoms. The molecule has 2 rings (SSSR count). The smallest absolute Gasteiger partial charge is 0.304 e. The average molecular weight is 335 g/mol. The Labute approximate surface area is 126 Å². The molecule has 1 aliphatic rings. The molecule has 0 aromatic carbocycles. The van der Waals surface area contributed by atoms with Gasteiger partial charge in [0.2, 0.25) is 0 Å². The molecule has 118 valence electrons. The summed E-state index contributed by atoms with van der Waals surface area (Å²) in [5, 5.41) is 22.9. The minimum atomic E-state index is -3.82. The van der Waals surface area contributed by atoms with E-state index in [1.165, 1.54) is 11.4 Å². The lowest BCUT2D eigenvalue weighted by Gasteiger charge is -2.35. The molecular formula is C11H17N3O5S2. The Kier molecular flexibility index (Phi) is 4.81. The third kappa shape index (κ3) is 3.03. The first-order valence-electron chi connectivity index (χ1n) is 6.50. The van der Waals surface area contributed by atoms with Gasteiger partial charge in [-0.2, -0.15) is 4.31 Å². The van der Waals surface area contributed by atoms with Gasteiger partial charge in [0, 0.05) is 25.7 Å². The largest absolute Gasteiger partial charge is 0.395 e. The van der Waals surface area contributed by atoms with Crippen molar-refractivity contribution in [2.75, 3.05) is 25.5 Å². The number of hydrogen-bond donors (Lipinski definition) is 2. The molecule has 0 unspecified atom stereocenters. The van der Waals surface area contributed by atoms with Gasteiger partial charge in [0.1, 0.15) is 4.21 Å². The van der Waals surface area contributed by atoms with Crippen molar-refractivity contribution in [3.05, 3.63) is 16.2 Å². The molecule has 0 amide bonds. The molecule has 1 saturated carbocycles. The standard InChI is InChI=1S/C11H17N3O5S2/c1-12-11-9(14(16)17)7-10(20-11)21(18,19)13(5-6-15)8-3-2-4-8/h7-8,12,15H,2-6H2,1H3. The first kappa shape index (κ1) is 16.1. The number of thiophene rings is 1. The highest BCUT2D eigenvalue weighted by Crippen LogP contribution is 2.39. The summed E-state index contributed by atoms with van der Waals surface area (Å²) in [6, 6.07) is 0.954. The minimum absolute atomic E-state index is 0.00752. The van der Waals surface area contributed by atoms with Crippen molar-refractivity contribution in [3.63, 3.8) is 0 Å². The third-order valence-electron chi connectivity index (χ3n) is 3.48. The van der Waals surface area contributed by atoms with Crippen LogP contribution in [0.3, 0.4) is 0 Å². The molecular weight excluding hydrogens is 318 g/mol. The van der Waals surface area contributed by atoms with Crippen LogP contribution in [0.5, 0.6) is 0 Å². The zero-order valence-corrected chi connectivity index (χ0v) is 13.1. The van der Waals surface area contributed by atoms with Crippen molar-refractivity contribution in [2.45, 2.75) is 29.5 Å². The van der Waals surface area contributed by atoms with Gasteiger partial charge in [0.25, 0.3) is 10.0 Å². The van der Waals surface area contributed by atoms with Crippen molar-refractivity contribution in [1.82, 2.24) is 4.31 Å². The van der Waals surface area contributed by atoms with E-state index in [1.807, 2.05) is 0 Å². The average Bonchev–Trinajstić information content (AvgIpc) is 2.81. The van der Waals surface area contributed by atoms with Crippen LogP contribution in [0.2, 0.25) is 0 Å². The normalized spacial score (nSPS) is 16.0. The molecule has 1 aromatic heterocycles. The highest BCUT2D eigenvalue weighted by molar-refractivity contribution is 7.91. The van der Waals surface area contributed by atoms with Crippen molar-refractivity contribution >= 4 is 32.0 Å². The number of nitrogens with zero attached hydrogens (tertiary/aromatic N) is 2. The molecule has 0 bridgehead atoms. The second-order valence-electron chi connectivity index (χ2n) is 4.71. The van der Waals surface area contributed by atoms with Gasteiger partial charge in [-0.05, 0) is 12.8 Å². The summed E-state index contributed by atoms with van der Waals surface area (Å²) >= 11 is 0.837. The van der Waals surface area contributed by atoms with Crippen LogP contribution >= 0.6 is 11.3 Å². The van der Waals surface area contributed by atoms with Gasteiger partial charge < -0.3 is 10.4 Å². The summed E-state index contributed by atoms with van der Waals surface area (Å²) < 4.78 is 26.5. The van der Waals surface area contributed by atoms with Crippen molar-refractivity contribution in [1.29, 1.82) is 0 Å². The van der Waals surface area contributed by atoms with Crippen LogP contribution in [0.4, 0.5) is 10.7 Å². The Morgan fingerprint density at radius 3 is 2.62 bits per heavy atom. The fourth-order valence-corrected chi connectivity index (χ4v) is 5.28. The van der Waals surface area contributed by atoms with Gasteiger partial charge >= 0.3 is 5.69 Å². The van der Waals surface area contributed by atoms with E-state index in [0.29, 0.717) is 0 Å². The Balaban J connectivity index is 2.39. The van der Waals surface area contributed by atoms with E-state index in [1.54, 1.807) is 0 Å². The molecule has 1 fully saturated rings. The predicted molar refractivity (Wildman–Crippen MR) is 79.1 cm³/mol. The zero-order chi connectivity index (χ0) is 15.6. The molecule has 8 nitrogen and oxygen atoms in total. The molecule has 1 aromatic rings. The lowest BCUT2D eigenvalue weighted by Crippen LogP contribution is -2.45. The fourth-order valence-electron chi connectivity index (χ4n) is 2.19. The third-order valence-corrected chi connectivity index (χ3v) is 7.02. The van der Waals surface area contributed by atoms with E-state index in [2.05, 4.69) is 5.32 Å². The zero-order valence-electron chi connectivity index (χ0n) is 11.5. The number of aliphatic hydroxyl groups excluding tert-OH is 1. The molecule has 0 spiro atoms. The van der Waals surface area contributed by atoms with E-state index in [-0.39, 0.29) is 34.1 Å². The summed E-state index contributed by atoms with van der Waals surface area (Å²) in [6.07, 6.45) is 2.46. The first-order chi connectivity index (χ1) is 9.91. The molecule has 10 heteroatoms. The van der Waals surface area contributed by atoms with Crippen molar-refractivity contribution in [3.8, 4) is 0 Å². The molecule has 1 aliphatic carbocycles. The van der Waals surface area contributed by atoms with E-state index >= 15 is 0 Å². The summed E-state index contributed by atoms with van der Waals surface area (Å²) in [6.45, 7) is -0.268. The molecule has 0 radical (unpaired) electrons. The molecule has 2 N–H and O–H groups in total. The van der Waals surface area contributed by atoms with E-state index < -0.39 is 14.9 Å². The molecule has 0 atom stereocenters. The Morgan fingerprint density at radius 1 is 1.57 bits per heavy atom. The summed E-state index contributed by atoms with van der Waals surface area (Å²) in [5.74, 6) is 0. The maximum Gasteiger partial charge on any atom is 0.304 e. The van der Waals surface area contributed by atoms with Crippen LogP contribution in [0, 0.1) is 10.1 Å². The lowest BCUT2D eigenvalue weighted by atomic mass is 9.93. The second-order valence-corrected chi connectivity index (χ2v) is 7.88. The number of sulfonamides is 1. The molecule has 0 aliphatic heterocycles. The van der Waals surface area contributed by atoms with E-state index in [9.17, 15) is 18.5 Å². The number of anilines is 1. The van der Waals surface area contributed by atoms with Crippen LogP contribution in [-0.4, -0.2) is 49.0 Å². The quantitative estimate of drug-likeness (QED) is 0.572. The molecule has 1 heterocycles. The topological polar surface area (TPSA) is 113 Å². The monoisotopic (exact) mass is 335 g/mol. The summed E-state index contributed by atoms with van der Waals surface area (Å²) in [5.41, 5.74) is -0.251. The second kappa shape index (κ2) is 6.26. The Morgan fingerprint density at radius 2 is 2.24 bits per heavy atom. The summed E-state index contributed by atoms with van der Waals surface area (Å²) in [4.78, 5) is 10.3. The number of hydrogen-bond acceptors (Lipinski definition) is 7. The Hall–Kier alpha value is -1.23.